The van der Waals surface area contributed by atoms with E-state index in [9.17, 15) is 9.18 Å². The van der Waals surface area contributed by atoms with Gasteiger partial charge in [-0.1, -0.05) is 13.8 Å². The minimum atomic E-state index is -0.339. The molecule has 23 heavy (non-hydrogen) atoms. The zero-order valence-electron chi connectivity index (χ0n) is 13.5. The predicted molar refractivity (Wildman–Crippen MR) is 84.0 cm³/mol. The second kappa shape index (κ2) is 6.02. The van der Waals surface area contributed by atoms with E-state index in [4.69, 9.17) is 4.74 Å². The van der Waals surface area contributed by atoms with Gasteiger partial charge in [-0.2, -0.15) is 5.10 Å². The molecule has 0 saturated heterocycles. The molecule has 2 aromatic rings. The standard InChI is InChI=1S/C17H20FN3O2/c1-10(2)15-9-14(20-21(15)3)17(22)19-13-6-7-23-16-5-4-11(18)8-12(13)16/h4-5,8-10,13H,6-7H2,1-3H3,(H,19,22)/t13-/m0/s1. The van der Waals surface area contributed by atoms with Crippen LogP contribution in [0.2, 0.25) is 0 Å². The van der Waals surface area contributed by atoms with Crippen LogP contribution >= 0.6 is 0 Å². The summed E-state index contributed by atoms with van der Waals surface area (Å²) in [5.41, 5.74) is 2.04. The summed E-state index contributed by atoms with van der Waals surface area (Å²) in [6.45, 7) is 4.59. The van der Waals surface area contributed by atoms with Crippen LogP contribution in [0.5, 0.6) is 5.75 Å². The summed E-state index contributed by atoms with van der Waals surface area (Å²) in [7, 11) is 1.82. The molecule has 1 N–H and O–H groups in total. The van der Waals surface area contributed by atoms with Crippen molar-refractivity contribution < 1.29 is 13.9 Å². The smallest absolute Gasteiger partial charge is 0.272 e. The molecular weight excluding hydrogens is 297 g/mol. The van der Waals surface area contributed by atoms with Crippen LogP contribution in [0.25, 0.3) is 0 Å². The van der Waals surface area contributed by atoms with Crippen LogP contribution in [0.15, 0.2) is 24.3 Å². The number of aromatic nitrogens is 2. The number of nitrogens with zero attached hydrogens (tertiary/aromatic N) is 2. The summed E-state index contributed by atoms with van der Waals surface area (Å²) in [4.78, 5) is 12.5. The maximum atomic E-state index is 13.5. The zero-order valence-corrected chi connectivity index (χ0v) is 13.5. The van der Waals surface area contributed by atoms with Crippen molar-refractivity contribution in [2.75, 3.05) is 6.61 Å². The minimum Gasteiger partial charge on any atom is -0.493 e. The maximum absolute atomic E-state index is 13.5. The maximum Gasteiger partial charge on any atom is 0.272 e. The van der Waals surface area contributed by atoms with Crippen molar-refractivity contribution in [2.24, 2.45) is 7.05 Å². The highest BCUT2D eigenvalue weighted by molar-refractivity contribution is 5.92. The van der Waals surface area contributed by atoms with Crippen LogP contribution < -0.4 is 10.1 Å². The Hall–Kier alpha value is -2.37. The summed E-state index contributed by atoms with van der Waals surface area (Å²) in [6, 6.07) is 5.90. The van der Waals surface area contributed by atoms with E-state index in [1.165, 1.54) is 12.1 Å². The predicted octanol–water partition coefficient (Wildman–Crippen LogP) is 2.94. The first kappa shape index (κ1) is 15.5. The summed E-state index contributed by atoms with van der Waals surface area (Å²) in [6.07, 6.45) is 0.603. The van der Waals surface area contributed by atoms with Gasteiger partial charge in [0.15, 0.2) is 0 Å². The molecule has 3 rings (SSSR count). The Morgan fingerprint density at radius 2 is 2.22 bits per heavy atom. The van der Waals surface area contributed by atoms with Crippen molar-refractivity contribution in [1.29, 1.82) is 0 Å². The number of carbonyl (C=O) groups excluding carboxylic acids is 1. The number of benzene rings is 1. The Morgan fingerprint density at radius 3 is 2.91 bits per heavy atom. The fourth-order valence-electron chi connectivity index (χ4n) is 2.88. The van der Waals surface area contributed by atoms with E-state index < -0.39 is 0 Å². The molecular formula is C17H20FN3O2. The summed E-state index contributed by atoms with van der Waals surface area (Å²) < 4.78 is 20.7. The number of aryl methyl sites for hydroxylation is 1. The largest absolute Gasteiger partial charge is 0.493 e. The van der Waals surface area contributed by atoms with Crippen LogP contribution in [0.4, 0.5) is 4.39 Å². The van der Waals surface area contributed by atoms with E-state index in [-0.39, 0.29) is 23.7 Å². The van der Waals surface area contributed by atoms with Crippen LogP contribution in [0.1, 0.15) is 54.0 Å². The van der Waals surface area contributed by atoms with Gasteiger partial charge in [0.25, 0.3) is 5.91 Å². The van der Waals surface area contributed by atoms with Crippen LogP contribution in [0.3, 0.4) is 0 Å². The highest BCUT2D eigenvalue weighted by atomic mass is 19.1. The number of rotatable bonds is 3. The first-order chi connectivity index (χ1) is 11.0. The van der Waals surface area contributed by atoms with Crippen molar-refractivity contribution in [3.05, 3.63) is 47.0 Å². The zero-order chi connectivity index (χ0) is 16.6. The lowest BCUT2D eigenvalue weighted by atomic mass is 10.00. The Labute approximate surface area is 134 Å². The molecule has 1 aromatic carbocycles. The number of nitrogens with one attached hydrogen (secondary N) is 1. The molecule has 0 aliphatic carbocycles. The fourth-order valence-corrected chi connectivity index (χ4v) is 2.88. The number of amides is 1. The van der Waals surface area contributed by atoms with Gasteiger partial charge in [-0.15, -0.1) is 0 Å². The molecule has 1 atom stereocenters. The third kappa shape index (κ3) is 3.06. The Balaban J connectivity index is 1.82. The monoisotopic (exact) mass is 317 g/mol. The lowest BCUT2D eigenvalue weighted by Gasteiger charge is -2.26. The van der Waals surface area contributed by atoms with Gasteiger partial charge < -0.3 is 10.1 Å². The van der Waals surface area contributed by atoms with Gasteiger partial charge in [-0.05, 0) is 30.2 Å². The van der Waals surface area contributed by atoms with Gasteiger partial charge in [0, 0.05) is 24.7 Å². The van der Waals surface area contributed by atoms with E-state index in [2.05, 4.69) is 24.3 Å². The second-order valence-corrected chi connectivity index (χ2v) is 6.08. The number of hydrogen-bond donors (Lipinski definition) is 1. The molecule has 122 valence electrons. The van der Waals surface area contributed by atoms with Gasteiger partial charge in [0.05, 0.1) is 12.6 Å². The number of ether oxygens (including phenoxy) is 1. The van der Waals surface area contributed by atoms with Crippen molar-refractivity contribution in [1.82, 2.24) is 15.1 Å². The molecule has 1 aromatic heterocycles. The van der Waals surface area contributed by atoms with Gasteiger partial charge in [0.1, 0.15) is 17.3 Å². The highest BCUT2D eigenvalue weighted by Crippen LogP contribution is 2.32. The lowest BCUT2D eigenvalue weighted by Crippen LogP contribution is -2.32. The van der Waals surface area contributed by atoms with Crippen LogP contribution in [0, 0.1) is 5.82 Å². The molecule has 0 radical (unpaired) electrons. The molecule has 0 fully saturated rings. The van der Waals surface area contributed by atoms with Crippen molar-refractivity contribution >= 4 is 5.91 Å². The van der Waals surface area contributed by atoms with Gasteiger partial charge in [-0.25, -0.2) is 4.39 Å². The Bertz CT molecular complexity index is 739. The van der Waals surface area contributed by atoms with Gasteiger partial charge in [-0.3, -0.25) is 9.48 Å². The summed E-state index contributed by atoms with van der Waals surface area (Å²) >= 11 is 0. The summed E-state index contributed by atoms with van der Waals surface area (Å²) in [5.74, 6) is 0.307. The van der Waals surface area contributed by atoms with E-state index in [0.29, 0.717) is 30.0 Å². The van der Waals surface area contributed by atoms with E-state index in [0.717, 1.165) is 5.69 Å². The van der Waals surface area contributed by atoms with Crippen LogP contribution in [-0.4, -0.2) is 22.3 Å². The molecule has 5 nitrogen and oxygen atoms in total. The minimum absolute atomic E-state index is 0.255. The third-order valence-electron chi connectivity index (χ3n) is 4.06. The lowest BCUT2D eigenvalue weighted by molar-refractivity contribution is 0.0919. The molecule has 0 unspecified atom stereocenters. The first-order valence-corrected chi connectivity index (χ1v) is 7.72. The number of hydrogen-bond acceptors (Lipinski definition) is 3. The normalized spacial score (nSPS) is 16.8. The average molecular weight is 317 g/mol. The van der Waals surface area contributed by atoms with Gasteiger partial charge >= 0.3 is 0 Å². The number of halogens is 1. The van der Waals surface area contributed by atoms with Gasteiger partial charge in [0.2, 0.25) is 0 Å². The van der Waals surface area contributed by atoms with Crippen molar-refractivity contribution in [3.8, 4) is 5.75 Å². The quantitative estimate of drug-likeness (QED) is 0.947. The SMILES string of the molecule is CC(C)c1cc(C(=O)N[C@H]2CCOc3ccc(F)cc32)nn1C. The molecule has 0 bridgehead atoms. The van der Waals surface area contributed by atoms with Crippen molar-refractivity contribution in [2.45, 2.75) is 32.2 Å². The Morgan fingerprint density at radius 1 is 1.43 bits per heavy atom. The fraction of sp³-hybridized carbons (Fsp3) is 0.412. The van der Waals surface area contributed by atoms with E-state index in [1.54, 1.807) is 16.8 Å². The Kier molecular flexibility index (Phi) is 4.07. The topological polar surface area (TPSA) is 56.1 Å². The average Bonchev–Trinajstić information content (AvgIpc) is 2.90. The molecule has 1 aliphatic rings. The molecule has 1 aliphatic heterocycles. The molecule has 0 saturated carbocycles. The summed E-state index contributed by atoms with van der Waals surface area (Å²) in [5, 5.41) is 7.21. The second-order valence-electron chi connectivity index (χ2n) is 6.08. The van der Waals surface area contributed by atoms with E-state index >= 15 is 0 Å². The molecule has 0 spiro atoms. The van der Waals surface area contributed by atoms with Crippen molar-refractivity contribution in [3.63, 3.8) is 0 Å². The number of fused-ring (bicyclic) bond motifs is 1. The van der Waals surface area contributed by atoms with E-state index in [1.807, 2.05) is 7.05 Å². The molecule has 2 heterocycles. The number of carbonyl (C=O) groups is 1. The first-order valence-electron chi connectivity index (χ1n) is 7.72. The highest BCUT2D eigenvalue weighted by Gasteiger charge is 2.25. The molecule has 6 heteroatoms. The molecule has 1 amide bonds. The third-order valence-corrected chi connectivity index (χ3v) is 4.06. The van der Waals surface area contributed by atoms with Crippen LogP contribution in [-0.2, 0) is 7.05 Å².